The molecule has 1 aromatic heterocycles. The zero-order chi connectivity index (χ0) is 22.7. The van der Waals surface area contributed by atoms with Gasteiger partial charge in [0, 0.05) is 46.5 Å². The molecule has 8 nitrogen and oxygen atoms in total. The number of fused-ring (bicyclic) bond motifs is 1. The molecule has 0 aliphatic rings. The van der Waals surface area contributed by atoms with E-state index in [2.05, 4.69) is 10.3 Å². The number of carboxylic acid groups (broad SMARTS) is 1. The third-order valence-electron chi connectivity index (χ3n) is 4.87. The quantitative estimate of drug-likeness (QED) is 0.347. The second-order valence-corrected chi connectivity index (χ2v) is 6.86. The molecule has 0 unspecified atom stereocenters. The summed E-state index contributed by atoms with van der Waals surface area (Å²) in [6.07, 6.45) is 1.61. The average molecular weight is 431 g/mol. The Hall–Kier alpha value is -4.46. The molecule has 0 amide bonds. The summed E-state index contributed by atoms with van der Waals surface area (Å²) in [6.45, 7) is 0. The maximum absolute atomic E-state index is 11.5. The molecule has 0 bridgehead atoms. The molecular weight excluding hydrogens is 410 g/mol. The highest BCUT2D eigenvalue weighted by atomic mass is 16.5. The summed E-state index contributed by atoms with van der Waals surface area (Å²) in [4.78, 5) is 15.9. The van der Waals surface area contributed by atoms with Gasteiger partial charge < -0.3 is 30.4 Å². The topological polar surface area (TPSA) is 116 Å². The minimum Gasteiger partial charge on any atom is -0.496 e. The van der Waals surface area contributed by atoms with Crippen LogP contribution in [0.4, 0.5) is 17.2 Å². The molecule has 8 heteroatoms. The highest BCUT2D eigenvalue weighted by Gasteiger charge is 2.19. The van der Waals surface area contributed by atoms with E-state index >= 15 is 0 Å². The molecule has 0 saturated heterocycles. The molecule has 0 radical (unpaired) electrons. The van der Waals surface area contributed by atoms with Crippen molar-refractivity contribution >= 4 is 33.9 Å². The van der Waals surface area contributed by atoms with Gasteiger partial charge in [-0.1, -0.05) is 24.3 Å². The molecule has 0 atom stereocenters. The largest absolute Gasteiger partial charge is 0.496 e. The summed E-state index contributed by atoms with van der Waals surface area (Å²) in [6, 6.07) is 18.0. The molecule has 4 rings (SSSR count). The normalized spacial score (nSPS) is 10.6. The van der Waals surface area contributed by atoms with Crippen molar-refractivity contribution in [1.82, 2.24) is 4.98 Å². The first-order chi connectivity index (χ1) is 15.5. The minimum atomic E-state index is -1.14. The number of carboxylic acids is 1. The van der Waals surface area contributed by atoms with Crippen LogP contribution in [-0.4, -0.2) is 30.3 Å². The van der Waals surface area contributed by atoms with E-state index in [4.69, 9.17) is 19.9 Å². The van der Waals surface area contributed by atoms with E-state index in [9.17, 15) is 9.90 Å². The highest BCUT2D eigenvalue weighted by Crippen LogP contribution is 2.36. The Morgan fingerprint density at radius 2 is 1.62 bits per heavy atom. The van der Waals surface area contributed by atoms with Gasteiger partial charge in [0.25, 0.3) is 0 Å². The van der Waals surface area contributed by atoms with Crippen LogP contribution in [0.5, 0.6) is 23.0 Å². The van der Waals surface area contributed by atoms with Crippen molar-refractivity contribution in [2.75, 3.05) is 25.3 Å². The lowest BCUT2D eigenvalue weighted by molar-refractivity contribution is 0.0689. The van der Waals surface area contributed by atoms with Crippen LogP contribution in [0.3, 0.4) is 0 Å². The molecule has 32 heavy (non-hydrogen) atoms. The van der Waals surface area contributed by atoms with E-state index in [1.165, 1.54) is 14.2 Å². The Balaban J connectivity index is 1.64. The molecule has 0 saturated carbocycles. The van der Waals surface area contributed by atoms with Crippen LogP contribution in [0.2, 0.25) is 0 Å². The van der Waals surface area contributed by atoms with Crippen LogP contribution in [0.15, 0.2) is 66.9 Å². The number of anilines is 3. The SMILES string of the molecule is COc1cc(Nc2cc(Oc3ccc(N)c4ccccc34)ccn2)cc(OC)c1C(=O)O. The number of rotatable bonds is 7. The van der Waals surface area contributed by atoms with Gasteiger partial charge in [-0.15, -0.1) is 0 Å². The van der Waals surface area contributed by atoms with Gasteiger partial charge in [0.15, 0.2) is 0 Å². The van der Waals surface area contributed by atoms with E-state index < -0.39 is 5.97 Å². The maximum Gasteiger partial charge on any atom is 0.343 e. The number of hydrogen-bond acceptors (Lipinski definition) is 7. The summed E-state index contributed by atoms with van der Waals surface area (Å²) in [5.74, 6) is 0.920. The summed E-state index contributed by atoms with van der Waals surface area (Å²) in [5, 5.41) is 14.4. The standard InChI is InChI=1S/C24H21N3O5/c1-30-20-11-14(12-21(31-2)23(20)24(28)29)27-22-13-15(9-10-26-22)32-19-8-7-18(25)16-5-3-4-6-17(16)19/h3-13H,25H2,1-2H3,(H,26,27)(H,28,29). The number of nitrogens with two attached hydrogens (primary N) is 1. The predicted octanol–water partition coefficient (Wildman–Crippen LogP) is 5.07. The minimum absolute atomic E-state index is 0.0548. The number of aromatic nitrogens is 1. The van der Waals surface area contributed by atoms with Crippen molar-refractivity contribution in [2.24, 2.45) is 0 Å². The van der Waals surface area contributed by atoms with Crippen LogP contribution < -0.4 is 25.3 Å². The molecule has 0 fully saturated rings. The summed E-state index contributed by atoms with van der Waals surface area (Å²) in [7, 11) is 2.79. The number of ether oxygens (including phenoxy) is 3. The Bertz CT molecular complexity index is 1280. The number of pyridine rings is 1. The first-order valence-corrected chi connectivity index (χ1v) is 9.67. The lowest BCUT2D eigenvalue weighted by Gasteiger charge is -2.14. The molecule has 0 aliphatic carbocycles. The lowest BCUT2D eigenvalue weighted by Crippen LogP contribution is -2.05. The van der Waals surface area contributed by atoms with Crippen molar-refractivity contribution in [3.8, 4) is 23.0 Å². The molecule has 0 aliphatic heterocycles. The van der Waals surface area contributed by atoms with Crippen LogP contribution in [-0.2, 0) is 0 Å². The summed E-state index contributed by atoms with van der Waals surface area (Å²) < 4.78 is 16.6. The fourth-order valence-corrected chi connectivity index (χ4v) is 3.40. The molecule has 1 heterocycles. The Morgan fingerprint density at radius 3 is 2.28 bits per heavy atom. The molecule has 4 aromatic rings. The lowest BCUT2D eigenvalue weighted by atomic mass is 10.1. The number of nitrogens with zero attached hydrogens (tertiary/aromatic N) is 1. The monoisotopic (exact) mass is 431 g/mol. The fraction of sp³-hybridized carbons (Fsp3) is 0.0833. The Kier molecular flexibility index (Phi) is 5.67. The Morgan fingerprint density at radius 1 is 0.938 bits per heavy atom. The number of nitrogen functional groups attached to an aromatic ring is 1. The van der Waals surface area contributed by atoms with Gasteiger partial charge in [-0.25, -0.2) is 9.78 Å². The zero-order valence-corrected chi connectivity index (χ0v) is 17.5. The van der Waals surface area contributed by atoms with Gasteiger partial charge >= 0.3 is 5.97 Å². The zero-order valence-electron chi connectivity index (χ0n) is 17.5. The first-order valence-electron chi connectivity index (χ1n) is 9.67. The number of aromatic carboxylic acids is 1. The molecule has 4 N–H and O–H groups in total. The van der Waals surface area contributed by atoms with E-state index in [-0.39, 0.29) is 17.1 Å². The second-order valence-electron chi connectivity index (χ2n) is 6.86. The van der Waals surface area contributed by atoms with E-state index in [0.717, 1.165) is 10.8 Å². The average Bonchev–Trinajstić information content (AvgIpc) is 2.80. The van der Waals surface area contributed by atoms with Crippen molar-refractivity contribution in [1.29, 1.82) is 0 Å². The summed E-state index contributed by atoms with van der Waals surface area (Å²) in [5.41, 5.74) is 7.24. The third kappa shape index (κ3) is 4.06. The molecular formula is C24H21N3O5. The van der Waals surface area contributed by atoms with Crippen LogP contribution in [0.1, 0.15) is 10.4 Å². The van der Waals surface area contributed by atoms with Crippen LogP contribution in [0.25, 0.3) is 10.8 Å². The van der Waals surface area contributed by atoms with E-state index in [1.807, 2.05) is 30.3 Å². The Labute approximate surface area is 184 Å². The number of carbonyl (C=O) groups is 1. The third-order valence-corrected chi connectivity index (χ3v) is 4.87. The van der Waals surface area contributed by atoms with E-state index in [1.54, 1.807) is 36.5 Å². The van der Waals surface area contributed by atoms with Gasteiger partial charge in [-0.3, -0.25) is 0 Å². The van der Waals surface area contributed by atoms with Gasteiger partial charge in [0.05, 0.1) is 14.2 Å². The number of nitrogens with one attached hydrogen (secondary N) is 1. The van der Waals surface area contributed by atoms with E-state index in [0.29, 0.717) is 28.7 Å². The second kappa shape index (κ2) is 8.73. The summed E-state index contributed by atoms with van der Waals surface area (Å²) >= 11 is 0. The number of hydrogen-bond donors (Lipinski definition) is 3. The van der Waals surface area contributed by atoms with Gasteiger partial charge in [-0.2, -0.15) is 0 Å². The van der Waals surface area contributed by atoms with Crippen molar-refractivity contribution < 1.29 is 24.1 Å². The van der Waals surface area contributed by atoms with Crippen LogP contribution >= 0.6 is 0 Å². The number of benzene rings is 3. The van der Waals surface area contributed by atoms with Gasteiger partial charge in [0.1, 0.15) is 34.4 Å². The van der Waals surface area contributed by atoms with Crippen molar-refractivity contribution in [3.05, 3.63) is 72.4 Å². The predicted molar refractivity (Wildman–Crippen MR) is 122 cm³/mol. The van der Waals surface area contributed by atoms with Crippen LogP contribution in [0, 0.1) is 0 Å². The first kappa shape index (κ1) is 20.8. The molecule has 162 valence electrons. The van der Waals surface area contributed by atoms with Crippen molar-refractivity contribution in [3.63, 3.8) is 0 Å². The fourth-order valence-electron chi connectivity index (χ4n) is 3.40. The highest BCUT2D eigenvalue weighted by molar-refractivity contribution is 5.97. The molecule has 0 spiro atoms. The van der Waals surface area contributed by atoms with Gasteiger partial charge in [-0.05, 0) is 18.2 Å². The maximum atomic E-state index is 11.5. The van der Waals surface area contributed by atoms with Gasteiger partial charge in [0.2, 0.25) is 0 Å². The van der Waals surface area contributed by atoms with Crippen molar-refractivity contribution in [2.45, 2.75) is 0 Å². The molecule has 3 aromatic carbocycles. The number of methoxy groups -OCH3 is 2. The smallest absolute Gasteiger partial charge is 0.343 e.